The topological polar surface area (TPSA) is 111 Å². The Labute approximate surface area is 217 Å². The van der Waals surface area contributed by atoms with Crippen LogP contribution in [0, 0.1) is 10.8 Å². The van der Waals surface area contributed by atoms with Crippen LogP contribution in [0.25, 0.3) is 0 Å². The minimum absolute atomic E-state index is 0.168. The molecule has 1 fully saturated rings. The molecule has 1 aliphatic rings. The number of hydrogen-bond donors (Lipinski definition) is 3. The molecule has 3 atom stereocenters. The second-order valence-electron chi connectivity index (χ2n) is 8.93. The molecule has 1 aromatic rings. The van der Waals surface area contributed by atoms with Gasteiger partial charge in [0.25, 0.3) is 0 Å². The van der Waals surface area contributed by atoms with E-state index in [2.05, 4.69) is 30.7 Å². The van der Waals surface area contributed by atoms with Crippen LogP contribution in [0.1, 0.15) is 94.7 Å². The van der Waals surface area contributed by atoms with Crippen molar-refractivity contribution in [3.8, 4) is 0 Å². The van der Waals surface area contributed by atoms with Gasteiger partial charge in [-0.2, -0.15) is 13.2 Å². The van der Waals surface area contributed by atoms with Gasteiger partial charge in [0.1, 0.15) is 11.8 Å². The largest absolute Gasteiger partial charge is 0.433 e. The number of nitrogens with zero attached hydrogens (tertiary/aromatic N) is 2. The minimum Gasteiger partial charge on any atom is -0.390 e. The Bertz CT molecular complexity index is 660. The van der Waals surface area contributed by atoms with Gasteiger partial charge < -0.3 is 25.4 Å². The van der Waals surface area contributed by atoms with Crippen LogP contribution in [0.15, 0.2) is 12.3 Å². The summed E-state index contributed by atoms with van der Waals surface area (Å²) < 4.78 is 46.9. The number of nitrogen functional groups attached to an aromatic ring is 1. The van der Waals surface area contributed by atoms with Crippen molar-refractivity contribution in [1.29, 1.82) is 0 Å². The van der Waals surface area contributed by atoms with Crippen LogP contribution >= 0.6 is 0 Å². The van der Waals surface area contributed by atoms with E-state index in [1.54, 1.807) is 0 Å². The number of anilines is 1. The predicted octanol–water partition coefficient (Wildman–Crippen LogP) is 6.13. The van der Waals surface area contributed by atoms with Gasteiger partial charge in [-0.25, -0.2) is 9.97 Å². The average Bonchev–Trinajstić information content (AvgIpc) is 2.84. The van der Waals surface area contributed by atoms with E-state index in [0.29, 0.717) is 26.2 Å². The summed E-state index contributed by atoms with van der Waals surface area (Å²) in [7, 11) is 0. The first kappa shape index (κ1) is 39.0. The maximum Gasteiger partial charge on any atom is 0.433 e. The lowest BCUT2D eigenvalue weighted by Crippen LogP contribution is -2.53. The maximum absolute atomic E-state index is 11.8. The lowest BCUT2D eigenvalue weighted by atomic mass is 9.81. The molecule has 216 valence electrons. The van der Waals surface area contributed by atoms with Crippen LogP contribution in [-0.2, 0) is 15.7 Å². The summed E-state index contributed by atoms with van der Waals surface area (Å²) in [6.07, 6.45) is -3.81. The van der Waals surface area contributed by atoms with Crippen LogP contribution in [0.2, 0.25) is 0 Å². The number of aliphatic hydroxyl groups is 2. The van der Waals surface area contributed by atoms with Crippen molar-refractivity contribution in [3.05, 3.63) is 18.0 Å². The third-order valence-corrected chi connectivity index (χ3v) is 5.07. The Morgan fingerprint density at radius 3 is 1.97 bits per heavy atom. The molecule has 7 nitrogen and oxygen atoms in total. The summed E-state index contributed by atoms with van der Waals surface area (Å²) in [5.41, 5.74) is 3.76. The molecule has 0 spiro atoms. The van der Waals surface area contributed by atoms with E-state index in [0.717, 1.165) is 18.7 Å². The van der Waals surface area contributed by atoms with Crippen molar-refractivity contribution in [2.75, 3.05) is 25.6 Å². The first-order valence-corrected chi connectivity index (χ1v) is 12.9. The van der Waals surface area contributed by atoms with Gasteiger partial charge in [0, 0.05) is 18.2 Å². The van der Waals surface area contributed by atoms with E-state index >= 15 is 0 Å². The van der Waals surface area contributed by atoms with Crippen LogP contribution in [0.4, 0.5) is 19.1 Å². The SMILES string of the molecule is CC.CC.CC.CCC(C)(C)COCC(C)(C)C1OCCC(O)C1O.Nc1nccc(C(F)(F)F)n1. The maximum atomic E-state index is 11.8. The van der Waals surface area contributed by atoms with E-state index in [4.69, 9.17) is 15.2 Å². The third-order valence-electron chi connectivity index (χ3n) is 5.07. The third kappa shape index (κ3) is 15.6. The number of hydrogen-bond acceptors (Lipinski definition) is 7. The molecule has 0 aromatic carbocycles. The standard InChI is InChI=1S/C15H30O4.C5H4F3N3.3C2H6/c1-6-14(2,3)9-18-10-15(4,5)13-12(17)11(16)7-8-19-13;6-5(7,8)3-1-2-10-4(9)11-3;3*1-2/h11-13,16-17H,6-10H2,1-5H3;1-2H,(H2,9,10,11);3*1-2H3. The highest BCUT2D eigenvalue weighted by atomic mass is 19.4. The van der Waals surface area contributed by atoms with E-state index in [1.807, 2.05) is 55.4 Å². The Balaban J connectivity index is -0.000000543. The van der Waals surface area contributed by atoms with Gasteiger partial charge in [0.15, 0.2) is 0 Å². The van der Waals surface area contributed by atoms with Crippen LogP contribution < -0.4 is 5.73 Å². The smallest absolute Gasteiger partial charge is 0.390 e. The molecule has 36 heavy (non-hydrogen) atoms. The molecular weight excluding hydrogens is 475 g/mol. The van der Waals surface area contributed by atoms with Gasteiger partial charge in [-0.05, 0) is 24.3 Å². The van der Waals surface area contributed by atoms with Crippen LogP contribution in [0.5, 0.6) is 0 Å². The summed E-state index contributed by atoms with van der Waals surface area (Å²) in [5.74, 6) is -0.375. The van der Waals surface area contributed by atoms with E-state index < -0.39 is 24.1 Å². The van der Waals surface area contributed by atoms with E-state index in [1.165, 1.54) is 0 Å². The second kappa shape index (κ2) is 19.6. The number of halogens is 3. The van der Waals surface area contributed by atoms with Crippen LogP contribution in [0.3, 0.4) is 0 Å². The minimum atomic E-state index is -4.45. The number of alkyl halides is 3. The lowest BCUT2D eigenvalue weighted by Gasteiger charge is -2.42. The summed E-state index contributed by atoms with van der Waals surface area (Å²) in [6.45, 7) is 24.2. The summed E-state index contributed by atoms with van der Waals surface area (Å²) in [6, 6.07) is 0.760. The molecule has 0 saturated carbocycles. The summed E-state index contributed by atoms with van der Waals surface area (Å²) >= 11 is 0. The zero-order valence-electron chi connectivity index (χ0n) is 24.2. The zero-order valence-corrected chi connectivity index (χ0v) is 24.2. The molecule has 4 N–H and O–H groups in total. The zero-order chi connectivity index (χ0) is 29.2. The highest BCUT2D eigenvalue weighted by Gasteiger charge is 2.42. The predicted molar refractivity (Wildman–Crippen MR) is 141 cm³/mol. The van der Waals surface area contributed by atoms with Crippen molar-refractivity contribution in [2.24, 2.45) is 10.8 Å². The van der Waals surface area contributed by atoms with E-state index in [9.17, 15) is 23.4 Å². The normalized spacial score (nSPS) is 19.6. The van der Waals surface area contributed by atoms with Gasteiger partial charge in [0.2, 0.25) is 5.95 Å². The molecule has 1 aliphatic heterocycles. The number of aromatic nitrogens is 2. The van der Waals surface area contributed by atoms with Gasteiger partial charge in [-0.15, -0.1) is 0 Å². The molecule has 0 aliphatic carbocycles. The quantitative estimate of drug-likeness (QED) is 0.408. The Morgan fingerprint density at radius 2 is 1.56 bits per heavy atom. The number of nitrogens with two attached hydrogens (primary N) is 1. The van der Waals surface area contributed by atoms with Crippen molar-refractivity contribution in [3.63, 3.8) is 0 Å². The fourth-order valence-corrected chi connectivity index (χ4v) is 2.78. The Hall–Kier alpha value is -1.49. The Kier molecular flexibility index (Phi) is 21.2. The molecule has 2 heterocycles. The average molecular weight is 528 g/mol. The van der Waals surface area contributed by atoms with E-state index in [-0.39, 0.29) is 22.9 Å². The molecule has 3 unspecified atom stereocenters. The van der Waals surface area contributed by atoms with Crippen molar-refractivity contribution < 1.29 is 32.9 Å². The molecule has 1 aromatic heterocycles. The number of ether oxygens (including phenoxy) is 2. The summed E-state index contributed by atoms with van der Waals surface area (Å²) in [5, 5.41) is 19.8. The molecule has 1 saturated heterocycles. The molecule has 0 radical (unpaired) electrons. The van der Waals surface area contributed by atoms with Crippen molar-refractivity contribution in [2.45, 2.75) is 113 Å². The lowest BCUT2D eigenvalue weighted by molar-refractivity contribution is -0.184. The van der Waals surface area contributed by atoms with Crippen molar-refractivity contribution in [1.82, 2.24) is 9.97 Å². The molecule has 0 bridgehead atoms. The van der Waals surface area contributed by atoms with Gasteiger partial charge in [-0.3, -0.25) is 0 Å². The number of aliphatic hydroxyl groups excluding tert-OH is 2. The monoisotopic (exact) mass is 527 g/mol. The fraction of sp³-hybridized carbons (Fsp3) is 0.846. The molecule has 0 amide bonds. The first-order chi connectivity index (χ1) is 16.7. The highest BCUT2D eigenvalue weighted by Crippen LogP contribution is 2.32. The molecular formula is C26H52F3N3O4. The van der Waals surface area contributed by atoms with Gasteiger partial charge in [-0.1, -0.05) is 76.2 Å². The first-order valence-electron chi connectivity index (χ1n) is 12.9. The molecule has 10 heteroatoms. The van der Waals surface area contributed by atoms with Crippen LogP contribution in [-0.4, -0.2) is 58.3 Å². The summed E-state index contributed by atoms with van der Waals surface area (Å²) in [4.78, 5) is 6.31. The van der Waals surface area contributed by atoms with Crippen molar-refractivity contribution >= 4 is 5.95 Å². The van der Waals surface area contributed by atoms with Gasteiger partial charge in [0.05, 0.1) is 25.4 Å². The molecule has 2 rings (SSSR count). The van der Waals surface area contributed by atoms with Gasteiger partial charge >= 0.3 is 6.18 Å². The fourth-order valence-electron chi connectivity index (χ4n) is 2.78. The second-order valence-corrected chi connectivity index (χ2v) is 8.93. The Morgan fingerprint density at radius 1 is 1.03 bits per heavy atom. The number of rotatable bonds is 6. The highest BCUT2D eigenvalue weighted by molar-refractivity contribution is 5.18.